The summed E-state index contributed by atoms with van der Waals surface area (Å²) in [5, 5.41) is 2.92. The van der Waals surface area contributed by atoms with E-state index in [2.05, 4.69) is 40.3 Å². The quantitative estimate of drug-likeness (QED) is 0.813. The molecule has 2 rings (SSSR count). The Morgan fingerprint density at radius 1 is 1.17 bits per heavy atom. The van der Waals surface area contributed by atoms with Gasteiger partial charge in [-0.1, -0.05) is 53.2 Å². The fourth-order valence-corrected chi connectivity index (χ4v) is 2.58. The van der Waals surface area contributed by atoms with E-state index in [0.717, 1.165) is 21.3 Å². The number of ether oxygens (including phenoxy) is 1. The van der Waals surface area contributed by atoms with E-state index < -0.39 is 0 Å². The van der Waals surface area contributed by atoms with Crippen molar-refractivity contribution in [3.8, 4) is 5.75 Å². The highest BCUT2D eigenvalue weighted by atomic mass is 79.9. The second-order valence-electron chi connectivity index (χ2n) is 5.78. The molecule has 0 fully saturated rings. The first-order chi connectivity index (χ1) is 11.0. The first-order valence-electron chi connectivity index (χ1n) is 7.68. The molecule has 3 nitrogen and oxygen atoms in total. The number of hydrogen-bond acceptors (Lipinski definition) is 2. The summed E-state index contributed by atoms with van der Waals surface area (Å²) >= 11 is 3.52. The smallest absolute Gasteiger partial charge is 0.257 e. The highest BCUT2D eigenvalue weighted by Crippen LogP contribution is 2.26. The Labute approximate surface area is 146 Å². The van der Waals surface area contributed by atoms with Gasteiger partial charge in [0.25, 0.3) is 5.91 Å². The van der Waals surface area contributed by atoms with Crippen molar-refractivity contribution in [2.24, 2.45) is 0 Å². The van der Waals surface area contributed by atoms with Crippen LogP contribution in [0, 0.1) is 13.8 Å². The molecule has 0 radical (unpaired) electrons. The van der Waals surface area contributed by atoms with E-state index in [0.29, 0.717) is 6.54 Å². The van der Waals surface area contributed by atoms with E-state index in [1.165, 1.54) is 5.56 Å². The van der Waals surface area contributed by atoms with Gasteiger partial charge in [-0.3, -0.25) is 4.79 Å². The number of hydrogen-bond donors (Lipinski definition) is 1. The van der Waals surface area contributed by atoms with Gasteiger partial charge in [0.2, 0.25) is 0 Å². The van der Waals surface area contributed by atoms with Gasteiger partial charge in [-0.25, -0.2) is 0 Å². The average molecular weight is 376 g/mol. The molecule has 23 heavy (non-hydrogen) atoms. The summed E-state index contributed by atoms with van der Waals surface area (Å²) in [4.78, 5) is 11.9. The third-order valence-corrected chi connectivity index (χ3v) is 5.00. The fraction of sp³-hybridized carbons (Fsp3) is 0.316. The lowest BCUT2D eigenvalue weighted by atomic mass is 10.0. The maximum atomic E-state index is 11.9. The van der Waals surface area contributed by atoms with Gasteiger partial charge in [0.05, 0.1) is 0 Å². The van der Waals surface area contributed by atoms with Crippen LogP contribution in [0.4, 0.5) is 0 Å². The van der Waals surface area contributed by atoms with Gasteiger partial charge in [0.15, 0.2) is 6.61 Å². The molecule has 0 bridgehead atoms. The number of rotatable bonds is 6. The normalized spacial score (nSPS) is 11.8. The molecule has 1 N–H and O–H groups in total. The van der Waals surface area contributed by atoms with E-state index in [-0.39, 0.29) is 18.4 Å². The molecule has 0 saturated carbocycles. The van der Waals surface area contributed by atoms with Gasteiger partial charge in [0.1, 0.15) is 5.75 Å². The molecular weight excluding hydrogens is 354 g/mol. The molecule has 0 aliphatic rings. The molecule has 0 spiro atoms. The number of halogens is 1. The third-order valence-electron chi connectivity index (χ3n) is 3.75. The maximum Gasteiger partial charge on any atom is 0.257 e. The highest BCUT2D eigenvalue weighted by molar-refractivity contribution is 9.10. The van der Waals surface area contributed by atoms with E-state index in [4.69, 9.17) is 4.74 Å². The summed E-state index contributed by atoms with van der Waals surface area (Å²) in [5.41, 5.74) is 3.41. The van der Waals surface area contributed by atoms with Crippen molar-refractivity contribution in [3.05, 3.63) is 63.6 Å². The average Bonchev–Trinajstić information content (AvgIpc) is 2.56. The molecular formula is C19H22BrNO2. The van der Waals surface area contributed by atoms with Gasteiger partial charge in [0, 0.05) is 11.0 Å². The molecule has 0 aliphatic heterocycles. The van der Waals surface area contributed by atoms with Crippen LogP contribution in [0.2, 0.25) is 0 Å². The van der Waals surface area contributed by atoms with Crippen molar-refractivity contribution in [2.45, 2.75) is 26.7 Å². The Morgan fingerprint density at radius 2 is 1.78 bits per heavy atom. The van der Waals surface area contributed by atoms with Crippen molar-refractivity contribution in [3.63, 3.8) is 0 Å². The summed E-state index contributed by atoms with van der Waals surface area (Å²) < 4.78 is 6.66. The largest absolute Gasteiger partial charge is 0.484 e. The molecule has 0 heterocycles. The summed E-state index contributed by atoms with van der Waals surface area (Å²) in [5.74, 6) is 0.887. The fourth-order valence-electron chi connectivity index (χ4n) is 2.36. The van der Waals surface area contributed by atoms with Crippen LogP contribution >= 0.6 is 15.9 Å². The van der Waals surface area contributed by atoms with Crippen molar-refractivity contribution in [2.75, 3.05) is 13.2 Å². The molecule has 2 aromatic rings. The molecule has 1 amide bonds. The third kappa shape index (κ3) is 5.10. The van der Waals surface area contributed by atoms with Crippen LogP contribution in [-0.2, 0) is 4.79 Å². The van der Waals surface area contributed by atoms with Crippen molar-refractivity contribution < 1.29 is 9.53 Å². The van der Waals surface area contributed by atoms with Gasteiger partial charge >= 0.3 is 0 Å². The summed E-state index contributed by atoms with van der Waals surface area (Å²) in [7, 11) is 0. The molecule has 122 valence electrons. The SMILES string of the molecule is Cc1cc(OCC(=O)NCC(C)c2ccccc2)cc(C)c1Br. The molecule has 0 saturated heterocycles. The summed E-state index contributed by atoms with van der Waals surface area (Å²) in [6.07, 6.45) is 0. The lowest BCUT2D eigenvalue weighted by Gasteiger charge is -2.14. The topological polar surface area (TPSA) is 38.3 Å². The summed E-state index contributed by atoms with van der Waals surface area (Å²) in [6.45, 7) is 6.74. The van der Waals surface area contributed by atoms with E-state index in [1.807, 2.05) is 44.2 Å². The van der Waals surface area contributed by atoms with Gasteiger partial charge in [-0.05, 0) is 48.6 Å². The first-order valence-corrected chi connectivity index (χ1v) is 8.48. The van der Waals surface area contributed by atoms with Gasteiger partial charge < -0.3 is 10.1 Å². The van der Waals surface area contributed by atoms with E-state index in [9.17, 15) is 4.79 Å². The minimum atomic E-state index is -0.106. The number of amides is 1. The van der Waals surface area contributed by atoms with Crippen LogP contribution in [0.5, 0.6) is 5.75 Å². The Balaban J connectivity index is 1.81. The standard InChI is InChI=1S/C19H22BrNO2/c1-13-9-17(10-14(2)19(13)20)23-12-18(22)21-11-15(3)16-7-5-4-6-8-16/h4-10,15H,11-12H2,1-3H3,(H,21,22). The monoisotopic (exact) mass is 375 g/mol. The highest BCUT2D eigenvalue weighted by Gasteiger charge is 2.09. The zero-order valence-corrected chi connectivity index (χ0v) is 15.3. The zero-order valence-electron chi connectivity index (χ0n) is 13.7. The molecule has 4 heteroatoms. The van der Waals surface area contributed by atoms with Crippen LogP contribution in [0.1, 0.15) is 29.5 Å². The maximum absolute atomic E-state index is 11.9. The van der Waals surface area contributed by atoms with Crippen LogP contribution < -0.4 is 10.1 Å². The Kier molecular flexibility index (Phi) is 6.22. The van der Waals surface area contributed by atoms with Crippen molar-refractivity contribution in [1.29, 1.82) is 0 Å². The van der Waals surface area contributed by atoms with Crippen LogP contribution in [0.25, 0.3) is 0 Å². The first kappa shape index (κ1) is 17.5. The molecule has 0 aromatic heterocycles. The minimum Gasteiger partial charge on any atom is -0.484 e. The van der Waals surface area contributed by atoms with Crippen LogP contribution in [0.15, 0.2) is 46.9 Å². The number of carbonyl (C=O) groups is 1. The van der Waals surface area contributed by atoms with Gasteiger partial charge in [-0.2, -0.15) is 0 Å². The van der Waals surface area contributed by atoms with E-state index >= 15 is 0 Å². The molecule has 1 unspecified atom stereocenters. The van der Waals surface area contributed by atoms with Crippen LogP contribution in [-0.4, -0.2) is 19.1 Å². The lowest BCUT2D eigenvalue weighted by molar-refractivity contribution is -0.123. The predicted octanol–water partition coefficient (Wildman–Crippen LogP) is 4.36. The Morgan fingerprint density at radius 3 is 2.39 bits per heavy atom. The number of carbonyl (C=O) groups excluding carboxylic acids is 1. The number of benzene rings is 2. The lowest BCUT2D eigenvalue weighted by Crippen LogP contribution is -2.31. The van der Waals surface area contributed by atoms with Gasteiger partial charge in [-0.15, -0.1) is 0 Å². The molecule has 1 atom stereocenters. The molecule has 2 aromatic carbocycles. The predicted molar refractivity (Wildman–Crippen MR) is 97.0 cm³/mol. The second-order valence-corrected chi connectivity index (χ2v) is 6.57. The Bertz CT molecular complexity index is 647. The van der Waals surface area contributed by atoms with Crippen molar-refractivity contribution >= 4 is 21.8 Å². The van der Waals surface area contributed by atoms with Crippen LogP contribution in [0.3, 0.4) is 0 Å². The molecule has 0 aliphatic carbocycles. The second kappa shape index (κ2) is 8.16. The summed E-state index contributed by atoms with van der Waals surface area (Å²) in [6, 6.07) is 14.0. The van der Waals surface area contributed by atoms with Crippen molar-refractivity contribution in [1.82, 2.24) is 5.32 Å². The zero-order chi connectivity index (χ0) is 16.8. The van der Waals surface area contributed by atoms with E-state index in [1.54, 1.807) is 0 Å². The minimum absolute atomic E-state index is 0.0298. The number of aryl methyl sites for hydroxylation is 2. The Hall–Kier alpha value is -1.81. The number of nitrogens with one attached hydrogen (secondary N) is 1.